The first-order valence-electron chi connectivity index (χ1n) is 8.50. The summed E-state index contributed by atoms with van der Waals surface area (Å²) in [6.07, 6.45) is 2.86. The number of nitrogens with one attached hydrogen (secondary N) is 1. The third kappa shape index (κ3) is 2.83. The Kier molecular flexibility index (Phi) is 4.39. The lowest BCUT2D eigenvalue weighted by molar-refractivity contribution is -0.0769. The number of pyridine rings is 1. The maximum atomic E-state index is 11.8. The Balaban J connectivity index is 2.14. The molecule has 0 bridgehead atoms. The van der Waals surface area contributed by atoms with Crippen LogP contribution in [-0.4, -0.2) is 34.3 Å². The number of hydrogen-bond acceptors (Lipinski definition) is 4. The quantitative estimate of drug-likeness (QED) is 0.780. The van der Waals surface area contributed by atoms with E-state index in [1.165, 1.54) is 17.8 Å². The van der Waals surface area contributed by atoms with E-state index in [4.69, 9.17) is 0 Å². The number of carboxylic acid groups (broad SMARTS) is 1. The van der Waals surface area contributed by atoms with Gasteiger partial charge in [0, 0.05) is 36.5 Å². The zero-order valence-corrected chi connectivity index (χ0v) is 14.8. The maximum Gasteiger partial charge on any atom is 0.337 e. The highest BCUT2D eigenvalue weighted by atomic mass is 16.4. The van der Waals surface area contributed by atoms with Crippen molar-refractivity contribution in [1.82, 2.24) is 10.3 Å². The largest absolute Gasteiger partial charge is 0.478 e. The summed E-state index contributed by atoms with van der Waals surface area (Å²) >= 11 is 0. The van der Waals surface area contributed by atoms with E-state index in [0.717, 1.165) is 5.56 Å². The predicted octanol–water partition coefficient (Wildman–Crippen LogP) is 2.75. The molecule has 0 amide bonds. The topological polar surface area (TPSA) is 82.5 Å². The molecule has 1 aliphatic rings. The highest BCUT2D eigenvalue weighted by molar-refractivity contribution is 5.87. The second-order valence-electron chi connectivity index (χ2n) is 7.42. The molecular weight excluding hydrogens is 316 g/mol. The van der Waals surface area contributed by atoms with E-state index in [0.29, 0.717) is 24.6 Å². The Labute approximate surface area is 147 Å². The molecule has 3 N–H and O–H groups in total. The summed E-state index contributed by atoms with van der Waals surface area (Å²) in [6.45, 7) is 7.55. The van der Waals surface area contributed by atoms with Gasteiger partial charge in [-0.1, -0.05) is 45.0 Å². The molecule has 3 rings (SSSR count). The van der Waals surface area contributed by atoms with Gasteiger partial charge < -0.3 is 15.5 Å². The Morgan fingerprint density at radius 3 is 2.32 bits per heavy atom. The normalized spacial score (nSPS) is 18.4. The van der Waals surface area contributed by atoms with Crippen molar-refractivity contribution in [3.8, 4) is 0 Å². The lowest BCUT2D eigenvalue weighted by Gasteiger charge is -2.52. The molecule has 0 aliphatic carbocycles. The van der Waals surface area contributed by atoms with Gasteiger partial charge in [0.2, 0.25) is 0 Å². The van der Waals surface area contributed by atoms with Crippen LogP contribution in [0.15, 0.2) is 42.7 Å². The van der Waals surface area contributed by atoms with Crippen LogP contribution in [0.4, 0.5) is 0 Å². The Morgan fingerprint density at radius 2 is 1.84 bits per heavy atom. The van der Waals surface area contributed by atoms with Gasteiger partial charge in [0.1, 0.15) is 5.60 Å². The van der Waals surface area contributed by atoms with Crippen LogP contribution in [0.25, 0.3) is 0 Å². The van der Waals surface area contributed by atoms with Crippen molar-refractivity contribution in [3.05, 3.63) is 65.0 Å². The van der Waals surface area contributed by atoms with Gasteiger partial charge in [-0.15, -0.1) is 0 Å². The van der Waals surface area contributed by atoms with Crippen molar-refractivity contribution in [2.24, 2.45) is 5.41 Å². The second kappa shape index (κ2) is 6.24. The molecule has 5 nitrogen and oxygen atoms in total. The number of nitrogens with zero attached hydrogens (tertiary/aromatic N) is 1. The van der Waals surface area contributed by atoms with Crippen LogP contribution in [-0.2, 0) is 5.60 Å². The Hall–Kier alpha value is -2.24. The highest BCUT2D eigenvalue weighted by Crippen LogP contribution is 2.47. The van der Waals surface area contributed by atoms with Crippen LogP contribution in [0.5, 0.6) is 0 Å². The van der Waals surface area contributed by atoms with Crippen LogP contribution in [0.1, 0.15) is 53.7 Å². The predicted molar refractivity (Wildman–Crippen MR) is 95.7 cm³/mol. The van der Waals surface area contributed by atoms with Crippen LogP contribution in [0.2, 0.25) is 0 Å². The summed E-state index contributed by atoms with van der Waals surface area (Å²) in [5.41, 5.74) is 0.780. The van der Waals surface area contributed by atoms with Crippen molar-refractivity contribution < 1.29 is 15.0 Å². The molecule has 1 saturated heterocycles. The molecule has 1 aromatic heterocycles. The van der Waals surface area contributed by atoms with Crippen molar-refractivity contribution >= 4 is 5.97 Å². The van der Waals surface area contributed by atoms with Gasteiger partial charge in [-0.25, -0.2) is 4.79 Å². The Morgan fingerprint density at radius 1 is 1.20 bits per heavy atom. The molecule has 2 heterocycles. The van der Waals surface area contributed by atoms with Crippen molar-refractivity contribution in [1.29, 1.82) is 0 Å². The van der Waals surface area contributed by atoms with Crippen LogP contribution in [0.3, 0.4) is 0 Å². The molecule has 1 atom stereocenters. The first-order valence-corrected chi connectivity index (χ1v) is 8.50. The van der Waals surface area contributed by atoms with Crippen molar-refractivity contribution in [2.75, 3.05) is 13.1 Å². The maximum absolute atomic E-state index is 11.8. The van der Waals surface area contributed by atoms with E-state index in [9.17, 15) is 15.0 Å². The van der Waals surface area contributed by atoms with Gasteiger partial charge >= 0.3 is 5.97 Å². The fourth-order valence-electron chi connectivity index (χ4n) is 3.48. The lowest BCUT2D eigenvalue weighted by Crippen LogP contribution is -2.63. The summed E-state index contributed by atoms with van der Waals surface area (Å²) in [4.78, 5) is 15.4. The van der Waals surface area contributed by atoms with Gasteiger partial charge in [0.15, 0.2) is 0 Å². The van der Waals surface area contributed by atoms with Crippen LogP contribution in [0, 0.1) is 5.41 Å². The summed E-state index contributed by atoms with van der Waals surface area (Å²) in [5.74, 6) is -0.649. The molecule has 0 spiro atoms. The zero-order chi connectivity index (χ0) is 18.2. The van der Waals surface area contributed by atoms with E-state index < -0.39 is 17.0 Å². The van der Waals surface area contributed by atoms with Crippen molar-refractivity contribution in [3.63, 3.8) is 0 Å². The molecule has 1 aliphatic heterocycles. The fraction of sp³-hybridized carbons (Fsp3) is 0.400. The van der Waals surface area contributed by atoms with Crippen LogP contribution < -0.4 is 5.32 Å². The molecular formula is C20H24N2O3. The van der Waals surface area contributed by atoms with E-state index >= 15 is 0 Å². The van der Waals surface area contributed by atoms with Gasteiger partial charge in [0.25, 0.3) is 0 Å². The van der Waals surface area contributed by atoms with E-state index in [1.54, 1.807) is 6.20 Å². The average molecular weight is 340 g/mol. The van der Waals surface area contributed by atoms with E-state index in [2.05, 4.69) is 24.1 Å². The lowest BCUT2D eigenvalue weighted by atomic mass is 9.63. The zero-order valence-electron chi connectivity index (χ0n) is 14.8. The number of benzene rings is 1. The third-order valence-corrected chi connectivity index (χ3v) is 5.30. The van der Waals surface area contributed by atoms with Crippen molar-refractivity contribution in [2.45, 2.75) is 32.3 Å². The number of aromatic nitrogens is 1. The minimum absolute atomic E-state index is 0.0746. The Bertz CT molecular complexity index is 782. The molecule has 25 heavy (non-hydrogen) atoms. The number of carbonyl (C=O) groups is 1. The smallest absolute Gasteiger partial charge is 0.337 e. The van der Waals surface area contributed by atoms with Crippen LogP contribution >= 0.6 is 0 Å². The molecule has 0 saturated carbocycles. The summed E-state index contributed by atoms with van der Waals surface area (Å²) in [6, 6.07) is 9.44. The summed E-state index contributed by atoms with van der Waals surface area (Å²) < 4.78 is 0. The monoisotopic (exact) mass is 340 g/mol. The molecule has 2 aromatic rings. The second-order valence-corrected chi connectivity index (χ2v) is 7.42. The summed E-state index contributed by atoms with van der Waals surface area (Å²) in [7, 11) is 0. The first kappa shape index (κ1) is 17.6. The van der Waals surface area contributed by atoms with Gasteiger partial charge in [0.05, 0.1) is 5.56 Å². The van der Waals surface area contributed by atoms with E-state index in [-0.39, 0.29) is 5.56 Å². The minimum Gasteiger partial charge on any atom is -0.478 e. The SMILES string of the molecule is CC(C)c1ccc([C@](O)(c2cncc(C(=O)O)c2)C2(C)CNC2)cc1. The number of rotatable bonds is 5. The average Bonchev–Trinajstić information content (AvgIpc) is 2.59. The number of aromatic carboxylic acids is 1. The molecule has 1 aromatic carbocycles. The van der Waals surface area contributed by atoms with Gasteiger partial charge in [-0.3, -0.25) is 4.98 Å². The fourth-order valence-corrected chi connectivity index (χ4v) is 3.48. The molecule has 5 heteroatoms. The molecule has 1 fully saturated rings. The minimum atomic E-state index is -1.31. The number of aliphatic hydroxyl groups is 1. The number of hydrogen-bond donors (Lipinski definition) is 3. The third-order valence-electron chi connectivity index (χ3n) is 5.30. The molecule has 132 valence electrons. The van der Waals surface area contributed by atoms with Gasteiger partial charge in [-0.05, 0) is 23.1 Å². The summed E-state index contributed by atoms with van der Waals surface area (Å²) in [5, 5.41) is 24.3. The standard InChI is InChI=1S/C20H24N2O3/c1-13(2)14-4-6-16(7-5-14)20(25,19(3)11-22-12-19)17-8-15(18(23)24)9-21-10-17/h4-10,13,22,25H,11-12H2,1-3H3,(H,23,24)/t20-/m0/s1. The highest BCUT2D eigenvalue weighted by Gasteiger charge is 2.53. The first-order chi connectivity index (χ1) is 11.8. The molecule has 0 unspecified atom stereocenters. The number of carboxylic acids is 1. The molecule has 0 radical (unpaired) electrons. The van der Waals surface area contributed by atoms with E-state index in [1.807, 2.05) is 31.2 Å². The van der Waals surface area contributed by atoms with Gasteiger partial charge in [-0.2, -0.15) is 0 Å².